The molecular formula is C34H66O9. The number of allylic oxidation sites excluding steroid dienone is 2. The normalized spacial score (nSPS) is 11.6. The third-order valence-electron chi connectivity index (χ3n) is 6.73. The molecule has 0 rings (SSSR count). The largest absolute Gasteiger partial charge is 0.463 e. The summed E-state index contributed by atoms with van der Waals surface area (Å²) in [4.78, 5) is 11.8. The summed E-state index contributed by atoms with van der Waals surface area (Å²) in [6, 6.07) is 0. The highest BCUT2D eigenvalue weighted by molar-refractivity contribution is 5.69. The molecule has 0 amide bonds. The summed E-state index contributed by atoms with van der Waals surface area (Å²) in [7, 11) is 0. The topological polar surface area (TPSA) is 102 Å². The van der Waals surface area contributed by atoms with Gasteiger partial charge in [0, 0.05) is 6.42 Å². The van der Waals surface area contributed by atoms with Crippen molar-refractivity contribution >= 4 is 5.97 Å². The smallest absolute Gasteiger partial charge is 0.305 e. The number of carbonyl (C=O) groups excluding carboxylic acids is 1. The fraction of sp³-hybridized carbons (Fsp3) is 0.912. The molecule has 0 aromatic carbocycles. The second-order valence-corrected chi connectivity index (χ2v) is 10.7. The Balaban J connectivity index is 3.17. The van der Waals surface area contributed by atoms with E-state index in [1.807, 2.05) is 0 Å². The highest BCUT2D eigenvalue weighted by Crippen LogP contribution is 2.11. The van der Waals surface area contributed by atoms with Gasteiger partial charge in [0.05, 0.1) is 85.9 Å². The molecule has 0 saturated heterocycles. The van der Waals surface area contributed by atoms with Gasteiger partial charge in [-0.25, -0.2) is 0 Å². The molecule has 9 nitrogen and oxygen atoms in total. The molecule has 9 heteroatoms. The summed E-state index contributed by atoms with van der Waals surface area (Å²) in [6.07, 6.45) is 24.3. The average Bonchev–Trinajstić information content (AvgIpc) is 3.01. The van der Waals surface area contributed by atoms with Gasteiger partial charge in [0.2, 0.25) is 0 Å². The van der Waals surface area contributed by atoms with Crippen molar-refractivity contribution in [1.82, 2.24) is 0 Å². The van der Waals surface area contributed by atoms with E-state index in [4.69, 9.17) is 38.3 Å². The summed E-state index contributed by atoms with van der Waals surface area (Å²) >= 11 is 0. The van der Waals surface area contributed by atoms with Gasteiger partial charge in [-0.3, -0.25) is 4.79 Å². The second kappa shape index (κ2) is 39.0. The Kier molecular flexibility index (Phi) is 38.0. The fourth-order valence-electron chi connectivity index (χ4n) is 4.25. The molecule has 0 atom stereocenters. The number of rotatable bonds is 37. The van der Waals surface area contributed by atoms with Gasteiger partial charge >= 0.3 is 5.97 Å². The molecule has 1 N–H and O–H groups in total. The molecule has 0 aromatic rings. The lowest BCUT2D eigenvalue weighted by molar-refractivity contribution is -0.145. The lowest BCUT2D eigenvalue weighted by Gasteiger charge is -2.08. The lowest BCUT2D eigenvalue weighted by atomic mass is 10.1. The van der Waals surface area contributed by atoms with Crippen LogP contribution in [0.4, 0.5) is 0 Å². The molecule has 0 aliphatic rings. The first-order valence-electron chi connectivity index (χ1n) is 17.2. The van der Waals surface area contributed by atoms with E-state index < -0.39 is 0 Å². The van der Waals surface area contributed by atoms with Crippen molar-refractivity contribution in [2.24, 2.45) is 0 Å². The first kappa shape index (κ1) is 41.9. The van der Waals surface area contributed by atoms with Crippen LogP contribution < -0.4 is 0 Å². The summed E-state index contributed by atoms with van der Waals surface area (Å²) in [6.45, 7) is 8.21. The van der Waals surface area contributed by atoms with Crippen molar-refractivity contribution in [3.63, 3.8) is 0 Å². The Labute approximate surface area is 263 Å². The predicted molar refractivity (Wildman–Crippen MR) is 172 cm³/mol. The Morgan fingerprint density at radius 2 is 0.814 bits per heavy atom. The van der Waals surface area contributed by atoms with E-state index in [9.17, 15) is 4.79 Å². The minimum atomic E-state index is -0.134. The summed E-state index contributed by atoms with van der Waals surface area (Å²) in [5.74, 6) is -0.134. The van der Waals surface area contributed by atoms with E-state index in [0.29, 0.717) is 85.7 Å². The number of aliphatic hydroxyl groups is 1. The van der Waals surface area contributed by atoms with Crippen LogP contribution in [0.5, 0.6) is 0 Å². The van der Waals surface area contributed by atoms with E-state index >= 15 is 0 Å². The first-order chi connectivity index (χ1) is 21.3. The van der Waals surface area contributed by atoms with Crippen LogP contribution in [0.15, 0.2) is 12.2 Å². The number of esters is 1. The molecule has 256 valence electrons. The molecule has 0 radical (unpaired) electrons. The Morgan fingerprint density at radius 3 is 1.23 bits per heavy atom. The zero-order valence-corrected chi connectivity index (χ0v) is 27.6. The second-order valence-electron chi connectivity index (χ2n) is 10.7. The quantitative estimate of drug-likeness (QED) is 0.0479. The van der Waals surface area contributed by atoms with Crippen molar-refractivity contribution in [3.05, 3.63) is 12.2 Å². The van der Waals surface area contributed by atoms with Crippen LogP contribution in [0.1, 0.15) is 110 Å². The van der Waals surface area contributed by atoms with E-state index in [1.54, 1.807) is 0 Å². The maximum absolute atomic E-state index is 11.8. The van der Waals surface area contributed by atoms with Crippen LogP contribution in [0.2, 0.25) is 0 Å². The van der Waals surface area contributed by atoms with Gasteiger partial charge in [-0.05, 0) is 32.1 Å². The van der Waals surface area contributed by atoms with Gasteiger partial charge in [-0.15, -0.1) is 0 Å². The van der Waals surface area contributed by atoms with Crippen LogP contribution in [0, 0.1) is 0 Å². The van der Waals surface area contributed by atoms with Crippen LogP contribution in [-0.4, -0.2) is 104 Å². The van der Waals surface area contributed by atoms with Gasteiger partial charge in [0.15, 0.2) is 0 Å². The molecule has 0 heterocycles. The average molecular weight is 619 g/mol. The summed E-state index contributed by atoms with van der Waals surface area (Å²) in [5, 5.41) is 8.58. The maximum Gasteiger partial charge on any atom is 0.305 e. The predicted octanol–water partition coefficient (Wildman–Crippen LogP) is 6.44. The molecule has 0 aliphatic heterocycles. The van der Waals surface area contributed by atoms with Gasteiger partial charge in [-0.2, -0.15) is 0 Å². The van der Waals surface area contributed by atoms with Gasteiger partial charge < -0.3 is 38.3 Å². The molecule has 0 bridgehead atoms. The number of unbranched alkanes of at least 4 members (excludes halogenated alkanes) is 13. The minimum Gasteiger partial charge on any atom is -0.463 e. The molecule has 0 unspecified atom stereocenters. The highest BCUT2D eigenvalue weighted by atomic mass is 16.6. The number of aliphatic hydroxyl groups excluding tert-OH is 1. The standard InChI is InChI=1S/C34H66O9/c1-2-3-4-5-6-7-8-9-10-11-12-13-14-15-16-17-18-19-34(36)43-33-32-42-31-30-41-29-28-40-27-26-39-25-24-38-23-22-37-21-20-35/h9-10,35H,2-8,11-33H2,1H3/b10-9+. The Hall–Kier alpha value is -1.07. The molecule has 0 spiro atoms. The van der Waals surface area contributed by atoms with E-state index in [0.717, 1.165) is 12.8 Å². The first-order valence-corrected chi connectivity index (χ1v) is 17.2. The molecule has 0 saturated carbocycles. The molecule has 0 fully saturated rings. The van der Waals surface area contributed by atoms with Crippen LogP contribution >= 0.6 is 0 Å². The molecular weight excluding hydrogens is 552 g/mol. The van der Waals surface area contributed by atoms with Crippen molar-refractivity contribution < 1.29 is 43.1 Å². The Morgan fingerprint density at radius 1 is 0.465 bits per heavy atom. The van der Waals surface area contributed by atoms with Gasteiger partial charge in [-0.1, -0.05) is 83.3 Å². The lowest BCUT2D eigenvalue weighted by Crippen LogP contribution is -2.15. The number of hydrogen-bond donors (Lipinski definition) is 1. The van der Waals surface area contributed by atoms with E-state index in [1.165, 1.54) is 83.5 Å². The summed E-state index contributed by atoms with van der Waals surface area (Å²) in [5.41, 5.74) is 0. The Bertz CT molecular complexity index is 560. The third-order valence-corrected chi connectivity index (χ3v) is 6.73. The van der Waals surface area contributed by atoms with Crippen molar-refractivity contribution in [3.8, 4) is 0 Å². The van der Waals surface area contributed by atoms with E-state index in [2.05, 4.69) is 19.1 Å². The zero-order valence-electron chi connectivity index (χ0n) is 27.6. The van der Waals surface area contributed by atoms with Crippen molar-refractivity contribution in [2.75, 3.05) is 92.5 Å². The number of carbonyl (C=O) groups is 1. The molecule has 0 aromatic heterocycles. The van der Waals surface area contributed by atoms with Crippen molar-refractivity contribution in [1.29, 1.82) is 0 Å². The fourth-order valence-corrected chi connectivity index (χ4v) is 4.25. The zero-order chi connectivity index (χ0) is 31.2. The van der Waals surface area contributed by atoms with Crippen molar-refractivity contribution in [2.45, 2.75) is 110 Å². The maximum atomic E-state index is 11.8. The number of hydrogen-bond acceptors (Lipinski definition) is 9. The SMILES string of the molecule is CCCCCCCC/C=C/CCCCCCCCCC(=O)OCCOCCOCCOCCOCCOCCOCCO. The van der Waals surface area contributed by atoms with Crippen LogP contribution in [0.25, 0.3) is 0 Å². The minimum absolute atomic E-state index is 0.0271. The van der Waals surface area contributed by atoms with Crippen LogP contribution in [-0.2, 0) is 38.0 Å². The third kappa shape index (κ3) is 38.9. The summed E-state index contributed by atoms with van der Waals surface area (Å²) < 4.78 is 37.4. The van der Waals surface area contributed by atoms with Gasteiger partial charge in [0.25, 0.3) is 0 Å². The van der Waals surface area contributed by atoms with Gasteiger partial charge in [0.1, 0.15) is 6.61 Å². The van der Waals surface area contributed by atoms with Crippen LogP contribution in [0.3, 0.4) is 0 Å². The van der Waals surface area contributed by atoms with E-state index in [-0.39, 0.29) is 19.2 Å². The monoisotopic (exact) mass is 618 g/mol. The molecule has 0 aliphatic carbocycles. The molecule has 43 heavy (non-hydrogen) atoms. The highest BCUT2D eigenvalue weighted by Gasteiger charge is 2.03. The number of ether oxygens (including phenoxy) is 7.